The van der Waals surface area contributed by atoms with Gasteiger partial charge in [0.15, 0.2) is 5.82 Å². The van der Waals surface area contributed by atoms with Crippen molar-refractivity contribution in [3.63, 3.8) is 0 Å². The maximum absolute atomic E-state index is 11.3. The van der Waals surface area contributed by atoms with Crippen LogP contribution < -0.4 is 9.64 Å². The number of aromatic nitrogens is 2. The fourth-order valence-corrected chi connectivity index (χ4v) is 3.16. The van der Waals surface area contributed by atoms with Crippen LogP contribution in [0.1, 0.15) is 38.4 Å². The normalized spacial score (nSPS) is 18.9. The topological polar surface area (TPSA) is 67.8 Å². The van der Waals surface area contributed by atoms with Crippen LogP contribution in [0.2, 0.25) is 0 Å². The third-order valence-corrected chi connectivity index (χ3v) is 5.28. The number of nitrogens with zero attached hydrogens (tertiary/aromatic N) is 4. The van der Waals surface area contributed by atoms with Crippen LogP contribution in [0, 0.1) is 5.92 Å². The molecule has 2 unspecified atom stereocenters. The molecule has 1 aromatic heterocycles. The molecule has 156 valence electrons. The van der Waals surface area contributed by atoms with Crippen LogP contribution in [0.3, 0.4) is 0 Å². The zero-order valence-corrected chi connectivity index (χ0v) is 17.7. The molecule has 2 heterocycles. The monoisotopic (exact) mass is 398 g/mol. The van der Waals surface area contributed by atoms with E-state index in [0.29, 0.717) is 36.5 Å². The highest BCUT2D eigenvalue weighted by atomic mass is 16.5. The highest BCUT2D eigenvalue weighted by molar-refractivity contribution is 5.72. The number of benzene rings is 1. The average Bonchev–Trinajstić information content (AvgIpc) is 2.73. The van der Waals surface area contributed by atoms with Crippen LogP contribution in [-0.4, -0.2) is 54.6 Å². The summed E-state index contributed by atoms with van der Waals surface area (Å²) in [4.78, 5) is 23.7. The molecule has 0 N–H and O–H groups in total. The van der Waals surface area contributed by atoms with Gasteiger partial charge in [-0.05, 0) is 36.5 Å². The Balaban J connectivity index is 1.59. The average molecular weight is 399 g/mol. The van der Waals surface area contributed by atoms with Crippen molar-refractivity contribution in [3.05, 3.63) is 42.2 Å². The summed E-state index contributed by atoms with van der Waals surface area (Å²) in [6.07, 6.45) is 5.70. The summed E-state index contributed by atoms with van der Waals surface area (Å²) in [5.74, 6) is 2.52. The molecule has 0 saturated carbocycles. The quantitative estimate of drug-likeness (QED) is 0.709. The summed E-state index contributed by atoms with van der Waals surface area (Å²) < 4.78 is 11.8. The molecular weight excluding hydrogens is 368 g/mol. The van der Waals surface area contributed by atoms with E-state index in [9.17, 15) is 4.79 Å². The van der Waals surface area contributed by atoms with E-state index in [2.05, 4.69) is 29.0 Å². The van der Waals surface area contributed by atoms with Crippen LogP contribution in [0.5, 0.6) is 11.6 Å². The number of amides is 1. The number of ether oxygens (including phenoxy) is 2. The van der Waals surface area contributed by atoms with Gasteiger partial charge in [-0.25, -0.2) is 0 Å². The predicted molar refractivity (Wildman–Crippen MR) is 112 cm³/mol. The first kappa shape index (κ1) is 21.0. The molecule has 7 heteroatoms. The van der Waals surface area contributed by atoms with Crippen molar-refractivity contribution >= 4 is 11.7 Å². The molecule has 7 nitrogen and oxygen atoms in total. The van der Waals surface area contributed by atoms with E-state index in [1.54, 1.807) is 31.3 Å². The van der Waals surface area contributed by atoms with Crippen molar-refractivity contribution in [1.29, 1.82) is 0 Å². The third kappa shape index (κ3) is 5.90. The Labute approximate surface area is 172 Å². The van der Waals surface area contributed by atoms with Gasteiger partial charge >= 0.3 is 0 Å². The summed E-state index contributed by atoms with van der Waals surface area (Å²) in [6.45, 7) is 5.87. The minimum absolute atomic E-state index is 0.0400. The number of hydrogen-bond acceptors (Lipinski definition) is 6. The molecule has 1 aliphatic rings. The highest BCUT2D eigenvalue weighted by Crippen LogP contribution is 2.31. The lowest BCUT2D eigenvalue weighted by molar-refractivity contribution is -0.127. The van der Waals surface area contributed by atoms with Gasteiger partial charge < -0.3 is 19.3 Å². The molecule has 0 spiro atoms. The molecule has 1 aliphatic heterocycles. The fourth-order valence-electron chi connectivity index (χ4n) is 3.16. The molecule has 0 aliphatic carbocycles. The SMILES string of the molecule is CC(=O)N(C)CCN(C)c1cncc(Oc2ccc(C3CCC(C)CO3)cc2)n1. The van der Waals surface area contributed by atoms with Gasteiger partial charge in [0, 0.05) is 40.7 Å². The van der Waals surface area contributed by atoms with E-state index in [4.69, 9.17) is 9.47 Å². The maximum atomic E-state index is 11.3. The third-order valence-electron chi connectivity index (χ3n) is 5.28. The summed E-state index contributed by atoms with van der Waals surface area (Å²) in [7, 11) is 3.70. The largest absolute Gasteiger partial charge is 0.437 e. The van der Waals surface area contributed by atoms with Gasteiger partial charge in [-0.15, -0.1) is 0 Å². The maximum Gasteiger partial charge on any atom is 0.239 e. The van der Waals surface area contributed by atoms with E-state index < -0.39 is 0 Å². The van der Waals surface area contributed by atoms with Crippen LogP contribution in [0.25, 0.3) is 0 Å². The van der Waals surface area contributed by atoms with E-state index >= 15 is 0 Å². The molecule has 1 aromatic carbocycles. The number of hydrogen-bond donors (Lipinski definition) is 0. The van der Waals surface area contributed by atoms with Crippen molar-refractivity contribution < 1.29 is 14.3 Å². The van der Waals surface area contributed by atoms with Gasteiger partial charge in [0.25, 0.3) is 0 Å². The van der Waals surface area contributed by atoms with E-state index in [1.165, 1.54) is 12.0 Å². The number of rotatable bonds is 7. The van der Waals surface area contributed by atoms with E-state index in [-0.39, 0.29) is 12.0 Å². The van der Waals surface area contributed by atoms with Gasteiger partial charge in [0.1, 0.15) is 5.75 Å². The standard InChI is InChI=1S/C22H30N4O3/c1-16-5-10-20(28-15-16)18-6-8-19(9-7-18)29-22-14-23-13-21(24-22)26(4)12-11-25(3)17(2)27/h6-9,13-14,16,20H,5,10-12,15H2,1-4H3. The molecule has 1 fully saturated rings. The molecule has 1 amide bonds. The van der Waals surface area contributed by atoms with E-state index in [0.717, 1.165) is 13.0 Å². The summed E-state index contributed by atoms with van der Waals surface area (Å²) in [5.41, 5.74) is 1.18. The first-order valence-electron chi connectivity index (χ1n) is 10.1. The van der Waals surface area contributed by atoms with Gasteiger partial charge in [0.2, 0.25) is 11.8 Å². The van der Waals surface area contributed by atoms with Crippen LogP contribution in [-0.2, 0) is 9.53 Å². The molecule has 2 aromatic rings. The first-order chi connectivity index (χ1) is 13.9. The first-order valence-corrected chi connectivity index (χ1v) is 10.1. The molecule has 0 radical (unpaired) electrons. The lowest BCUT2D eigenvalue weighted by atomic mass is 9.96. The Hall–Kier alpha value is -2.67. The van der Waals surface area contributed by atoms with Gasteiger partial charge in [-0.3, -0.25) is 9.78 Å². The van der Waals surface area contributed by atoms with E-state index in [1.807, 2.05) is 24.1 Å². The second-order valence-corrected chi connectivity index (χ2v) is 7.75. The Bertz CT molecular complexity index is 804. The van der Waals surface area contributed by atoms with Crippen LogP contribution >= 0.6 is 0 Å². The second kappa shape index (κ2) is 9.69. The number of carbonyl (C=O) groups is 1. The molecular formula is C22H30N4O3. The molecule has 3 rings (SSSR count). The predicted octanol–water partition coefficient (Wildman–Crippen LogP) is 3.67. The summed E-state index contributed by atoms with van der Waals surface area (Å²) in [5, 5.41) is 0. The van der Waals surface area contributed by atoms with Crippen molar-refractivity contribution in [1.82, 2.24) is 14.9 Å². The molecule has 0 bridgehead atoms. The minimum Gasteiger partial charge on any atom is -0.437 e. The lowest BCUT2D eigenvalue weighted by Crippen LogP contribution is -2.33. The van der Waals surface area contributed by atoms with Crippen molar-refractivity contribution in [3.8, 4) is 11.6 Å². The summed E-state index contributed by atoms with van der Waals surface area (Å²) in [6, 6.07) is 7.99. The Morgan fingerprint density at radius 1 is 1.17 bits per heavy atom. The lowest BCUT2D eigenvalue weighted by Gasteiger charge is -2.27. The fraction of sp³-hybridized carbons (Fsp3) is 0.500. The zero-order chi connectivity index (χ0) is 20.8. The van der Waals surface area contributed by atoms with Gasteiger partial charge in [-0.1, -0.05) is 19.1 Å². The van der Waals surface area contributed by atoms with Crippen molar-refractivity contribution in [2.75, 3.05) is 38.7 Å². The number of carbonyl (C=O) groups excluding carboxylic acids is 1. The molecule has 2 atom stereocenters. The van der Waals surface area contributed by atoms with Crippen LogP contribution in [0.4, 0.5) is 5.82 Å². The number of anilines is 1. The van der Waals surface area contributed by atoms with Crippen LogP contribution in [0.15, 0.2) is 36.7 Å². The minimum atomic E-state index is 0.0400. The van der Waals surface area contributed by atoms with Gasteiger partial charge in [0.05, 0.1) is 18.5 Å². The Morgan fingerprint density at radius 2 is 1.93 bits per heavy atom. The highest BCUT2D eigenvalue weighted by Gasteiger charge is 2.20. The Morgan fingerprint density at radius 3 is 2.59 bits per heavy atom. The zero-order valence-electron chi connectivity index (χ0n) is 17.7. The Kier molecular flexibility index (Phi) is 7.04. The van der Waals surface area contributed by atoms with Crippen molar-refractivity contribution in [2.24, 2.45) is 5.92 Å². The second-order valence-electron chi connectivity index (χ2n) is 7.75. The molecule has 1 saturated heterocycles. The number of likely N-dealkylation sites (N-methyl/N-ethyl adjacent to an activating group) is 2. The van der Waals surface area contributed by atoms with Gasteiger partial charge in [-0.2, -0.15) is 4.98 Å². The smallest absolute Gasteiger partial charge is 0.239 e. The van der Waals surface area contributed by atoms with Crippen molar-refractivity contribution in [2.45, 2.75) is 32.8 Å². The molecule has 29 heavy (non-hydrogen) atoms. The summed E-state index contributed by atoms with van der Waals surface area (Å²) >= 11 is 0.